The molecule has 0 heterocycles. The fourth-order valence-electron chi connectivity index (χ4n) is 7.71. The van der Waals surface area contributed by atoms with Gasteiger partial charge in [0.1, 0.15) is 6.10 Å². The number of aliphatic hydroxyl groups is 3. The van der Waals surface area contributed by atoms with E-state index in [1.54, 1.807) is 0 Å². The highest BCUT2D eigenvalue weighted by Gasteiger charge is 2.26. The van der Waals surface area contributed by atoms with E-state index in [1.807, 2.05) is 0 Å². The summed E-state index contributed by atoms with van der Waals surface area (Å²) < 4.78 is 0. The maximum atomic E-state index is 12.5. The lowest BCUT2D eigenvalue weighted by Gasteiger charge is -2.26. The number of hydrogen-bond donors (Lipinski definition) is 4. The van der Waals surface area contributed by atoms with Crippen molar-refractivity contribution in [1.29, 1.82) is 0 Å². The first kappa shape index (κ1) is 53.8. The normalized spacial score (nSPS) is 13.6. The third-order valence-electron chi connectivity index (χ3n) is 11.5. The molecule has 0 aromatic heterocycles. The third kappa shape index (κ3) is 40.8. The SMILES string of the molecule is CCCCCCCCCCCCCC/C=C/CC/C=C/CCCC(O)C(O)C(CO)NC(=O)CCCCCCCCCCCCCCCCCCCCCC. The Bertz CT molecular complexity index is 814. The van der Waals surface area contributed by atoms with E-state index in [2.05, 4.69) is 43.5 Å². The second kappa shape index (κ2) is 45.5. The van der Waals surface area contributed by atoms with Gasteiger partial charge >= 0.3 is 0 Å². The smallest absolute Gasteiger partial charge is 0.220 e. The molecule has 326 valence electrons. The molecule has 4 N–H and O–H groups in total. The molecule has 0 saturated heterocycles. The average Bonchev–Trinajstić information content (AvgIpc) is 3.19. The zero-order chi connectivity index (χ0) is 40.1. The number of nitrogens with one attached hydrogen (secondary N) is 1. The number of aliphatic hydroxyl groups excluding tert-OH is 3. The minimum atomic E-state index is -1.16. The van der Waals surface area contributed by atoms with Gasteiger partial charge in [0.2, 0.25) is 5.91 Å². The summed E-state index contributed by atoms with van der Waals surface area (Å²) in [7, 11) is 0. The van der Waals surface area contributed by atoms with Crippen LogP contribution in [0.2, 0.25) is 0 Å². The Morgan fingerprint density at radius 3 is 1.11 bits per heavy atom. The van der Waals surface area contributed by atoms with E-state index in [-0.39, 0.29) is 12.5 Å². The Labute approximate surface area is 343 Å². The summed E-state index contributed by atoms with van der Waals surface area (Å²) in [4.78, 5) is 12.5. The van der Waals surface area contributed by atoms with Crippen LogP contribution in [0.15, 0.2) is 24.3 Å². The summed E-state index contributed by atoms with van der Waals surface area (Å²) in [5.41, 5.74) is 0. The number of hydrogen-bond acceptors (Lipinski definition) is 4. The van der Waals surface area contributed by atoms with E-state index in [0.29, 0.717) is 12.8 Å². The van der Waals surface area contributed by atoms with Gasteiger partial charge in [-0.05, 0) is 51.4 Å². The molecular weight excluding hydrogens is 679 g/mol. The van der Waals surface area contributed by atoms with Crippen LogP contribution in [-0.2, 0) is 4.79 Å². The van der Waals surface area contributed by atoms with Crippen LogP contribution in [0.5, 0.6) is 0 Å². The number of amides is 1. The molecule has 0 radical (unpaired) electrons. The van der Waals surface area contributed by atoms with Crippen molar-refractivity contribution in [3.63, 3.8) is 0 Å². The van der Waals surface area contributed by atoms with Crippen molar-refractivity contribution < 1.29 is 20.1 Å². The highest BCUT2D eigenvalue weighted by atomic mass is 16.3. The fraction of sp³-hybridized carbons (Fsp3) is 0.900. The van der Waals surface area contributed by atoms with Crippen LogP contribution < -0.4 is 5.32 Å². The molecule has 0 saturated carbocycles. The van der Waals surface area contributed by atoms with E-state index < -0.39 is 18.2 Å². The quantitative estimate of drug-likeness (QED) is 0.0366. The van der Waals surface area contributed by atoms with Gasteiger partial charge in [0.05, 0.1) is 18.8 Å². The van der Waals surface area contributed by atoms with Gasteiger partial charge in [-0.2, -0.15) is 0 Å². The molecule has 0 spiro atoms. The molecule has 55 heavy (non-hydrogen) atoms. The monoisotopic (exact) mass is 776 g/mol. The molecule has 0 aliphatic carbocycles. The molecule has 3 unspecified atom stereocenters. The maximum Gasteiger partial charge on any atom is 0.220 e. The summed E-state index contributed by atoms with van der Waals surface area (Å²) in [6, 6.07) is -0.829. The van der Waals surface area contributed by atoms with Crippen molar-refractivity contribution in [2.45, 2.75) is 283 Å². The lowest BCUT2D eigenvalue weighted by Crippen LogP contribution is -2.50. The van der Waals surface area contributed by atoms with Crippen molar-refractivity contribution in [1.82, 2.24) is 5.32 Å². The van der Waals surface area contributed by atoms with Gasteiger partial charge in [0.25, 0.3) is 0 Å². The summed E-state index contributed by atoms with van der Waals surface area (Å²) >= 11 is 0. The summed E-state index contributed by atoms with van der Waals surface area (Å²) in [6.45, 7) is 4.19. The summed E-state index contributed by atoms with van der Waals surface area (Å²) in [5, 5.41) is 33.6. The lowest BCUT2D eigenvalue weighted by molar-refractivity contribution is -0.124. The maximum absolute atomic E-state index is 12.5. The van der Waals surface area contributed by atoms with Crippen LogP contribution in [0.3, 0.4) is 0 Å². The van der Waals surface area contributed by atoms with Crippen LogP contribution in [0.25, 0.3) is 0 Å². The first-order chi connectivity index (χ1) is 27.1. The van der Waals surface area contributed by atoms with Gasteiger partial charge in [0, 0.05) is 6.42 Å². The van der Waals surface area contributed by atoms with E-state index in [9.17, 15) is 20.1 Å². The Kier molecular flexibility index (Phi) is 44.6. The Hall–Kier alpha value is -1.17. The van der Waals surface area contributed by atoms with Gasteiger partial charge in [-0.15, -0.1) is 0 Å². The van der Waals surface area contributed by atoms with Gasteiger partial charge in [0.15, 0.2) is 0 Å². The van der Waals surface area contributed by atoms with E-state index >= 15 is 0 Å². The molecule has 0 bridgehead atoms. The van der Waals surface area contributed by atoms with Gasteiger partial charge in [-0.25, -0.2) is 0 Å². The summed E-state index contributed by atoms with van der Waals surface area (Å²) in [5.74, 6) is -0.154. The van der Waals surface area contributed by atoms with Gasteiger partial charge in [-0.1, -0.05) is 231 Å². The van der Waals surface area contributed by atoms with Crippen LogP contribution >= 0.6 is 0 Å². The van der Waals surface area contributed by atoms with Crippen LogP contribution in [0.4, 0.5) is 0 Å². The number of allylic oxidation sites excluding steroid dienone is 4. The molecule has 0 aromatic carbocycles. The van der Waals surface area contributed by atoms with Gasteiger partial charge in [-0.3, -0.25) is 4.79 Å². The Morgan fingerprint density at radius 2 is 0.745 bits per heavy atom. The van der Waals surface area contributed by atoms with Crippen molar-refractivity contribution in [2.75, 3.05) is 6.61 Å². The molecule has 5 heteroatoms. The first-order valence-electron chi connectivity index (χ1n) is 24.6. The van der Waals surface area contributed by atoms with Gasteiger partial charge < -0.3 is 20.6 Å². The largest absolute Gasteiger partial charge is 0.394 e. The zero-order valence-corrected chi connectivity index (χ0v) is 37.1. The predicted octanol–water partition coefficient (Wildman–Crippen LogP) is 14.6. The Balaban J connectivity index is 3.63. The molecule has 1 amide bonds. The number of rotatable bonds is 45. The molecule has 0 rings (SSSR count). The first-order valence-corrected chi connectivity index (χ1v) is 24.6. The topological polar surface area (TPSA) is 89.8 Å². The summed E-state index contributed by atoms with van der Waals surface area (Å²) in [6.07, 6.45) is 55.9. The zero-order valence-electron chi connectivity index (χ0n) is 37.1. The minimum Gasteiger partial charge on any atom is -0.394 e. The molecule has 3 atom stereocenters. The van der Waals surface area contributed by atoms with Crippen molar-refractivity contribution in [2.24, 2.45) is 0 Å². The molecule has 0 aliphatic heterocycles. The van der Waals surface area contributed by atoms with Crippen LogP contribution in [0.1, 0.15) is 264 Å². The van der Waals surface area contributed by atoms with E-state index in [4.69, 9.17) is 0 Å². The van der Waals surface area contributed by atoms with Crippen molar-refractivity contribution in [3.8, 4) is 0 Å². The minimum absolute atomic E-state index is 0.154. The number of carbonyl (C=O) groups excluding carboxylic acids is 1. The van der Waals surface area contributed by atoms with Crippen LogP contribution in [0, 0.1) is 0 Å². The molecule has 0 aliphatic rings. The lowest BCUT2D eigenvalue weighted by atomic mass is 10.0. The molecule has 0 aromatic rings. The second-order valence-corrected chi connectivity index (χ2v) is 17.0. The highest BCUT2D eigenvalue weighted by molar-refractivity contribution is 5.76. The van der Waals surface area contributed by atoms with Crippen molar-refractivity contribution >= 4 is 5.91 Å². The van der Waals surface area contributed by atoms with E-state index in [1.165, 1.54) is 193 Å². The standard InChI is InChI=1S/C50H97NO4/c1-3-5-7-9-11-13-15-17-19-21-23-25-26-28-30-32-34-36-38-40-42-44-48(53)50(55)47(46-52)51-49(54)45-43-41-39-37-35-33-31-29-27-24-22-20-18-16-14-12-10-8-6-4-2/h28,30,36,38,47-48,50,52-53,55H,3-27,29,31-35,37,39-46H2,1-2H3,(H,51,54)/b30-28+,38-36+. The predicted molar refractivity (Wildman–Crippen MR) is 241 cm³/mol. The number of carbonyl (C=O) groups is 1. The average molecular weight is 776 g/mol. The highest BCUT2D eigenvalue weighted by Crippen LogP contribution is 2.16. The molecule has 0 fully saturated rings. The molecular formula is C50H97NO4. The third-order valence-corrected chi connectivity index (χ3v) is 11.5. The van der Waals surface area contributed by atoms with E-state index in [0.717, 1.165) is 44.9 Å². The number of unbranched alkanes of at least 4 members (excludes halogenated alkanes) is 33. The van der Waals surface area contributed by atoms with Crippen molar-refractivity contribution in [3.05, 3.63) is 24.3 Å². The van der Waals surface area contributed by atoms with Crippen LogP contribution in [-0.4, -0.2) is 46.1 Å². The molecule has 5 nitrogen and oxygen atoms in total. The fourth-order valence-corrected chi connectivity index (χ4v) is 7.71. The second-order valence-electron chi connectivity index (χ2n) is 17.0. The Morgan fingerprint density at radius 1 is 0.436 bits per heavy atom.